The van der Waals surface area contributed by atoms with Crippen LogP contribution in [0.15, 0.2) is 54.6 Å². The molecule has 0 aliphatic carbocycles. The van der Waals surface area contributed by atoms with Gasteiger partial charge in [-0.05, 0) is 29.7 Å². The molecule has 0 unspecified atom stereocenters. The van der Waals surface area contributed by atoms with Crippen molar-refractivity contribution in [3.63, 3.8) is 0 Å². The van der Waals surface area contributed by atoms with Crippen LogP contribution in [0.4, 0.5) is 14.6 Å². The number of carboxylic acids is 1. The van der Waals surface area contributed by atoms with E-state index in [9.17, 15) is 34.2 Å². The molecule has 0 saturated heterocycles. The van der Waals surface area contributed by atoms with Gasteiger partial charge in [0, 0.05) is 4.88 Å². The van der Waals surface area contributed by atoms with Crippen molar-refractivity contribution in [1.82, 2.24) is 9.80 Å². The quantitative estimate of drug-likeness (QED) is 0.402. The van der Waals surface area contributed by atoms with Crippen molar-refractivity contribution in [3.05, 3.63) is 87.3 Å². The molecular formula is C26H21N3O8S. The molecule has 11 nitrogen and oxygen atoms in total. The number of carbonyl (C=O) groups excluding carboxylic acids is 3. The van der Waals surface area contributed by atoms with Gasteiger partial charge in [-0.1, -0.05) is 42.5 Å². The average Bonchev–Trinajstić information content (AvgIpc) is 3.37. The topological polar surface area (TPSA) is 154 Å². The Morgan fingerprint density at radius 2 is 1.61 bits per heavy atom. The summed E-state index contributed by atoms with van der Waals surface area (Å²) in [5, 5.41) is 22.3. The van der Waals surface area contributed by atoms with Crippen LogP contribution in [0.3, 0.4) is 0 Å². The zero-order valence-electron chi connectivity index (χ0n) is 19.7. The third-order valence-corrected chi connectivity index (χ3v) is 7.58. The van der Waals surface area contributed by atoms with Gasteiger partial charge in [-0.2, -0.15) is 0 Å². The molecule has 1 aromatic heterocycles. The molecule has 2 aromatic carbocycles. The van der Waals surface area contributed by atoms with E-state index >= 15 is 0 Å². The zero-order chi connectivity index (χ0) is 27.0. The van der Waals surface area contributed by atoms with Crippen LogP contribution in [0.1, 0.15) is 47.1 Å². The number of amides is 4. The Morgan fingerprint density at radius 1 is 0.974 bits per heavy atom. The first kappa shape index (κ1) is 25.0. The van der Waals surface area contributed by atoms with Gasteiger partial charge >= 0.3 is 18.2 Å². The van der Waals surface area contributed by atoms with E-state index in [1.165, 1.54) is 12.1 Å². The number of fused-ring (bicyclic) bond motifs is 2. The van der Waals surface area contributed by atoms with Crippen molar-refractivity contribution in [3.8, 4) is 0 Å². The maximum absolute atomic E-state index is 12.9. The second-order valence-electron chi connectivity index (χ2n) is 8.73. The Morgan fingerprint density at radius 3 is 2.21 bits per heavy atom. The number of nitrogens with one attached hydrogen (secondary N) is 1. The van der Waals surface area contributed by atoms with Gasteiger partial charge in [-0.3, -0.25) is 24.7 Å². The molecule has 0 radical (unpaired) electrons. The molecule has 0 saturated carbocycles. The normalized spacial score (nSPS) is 16.2. The summed E-state index contributed by atoms with van der Waals surface area (Å²) in [6.07, 6.45) is -2.19. The highest BCUT2D eigenvalue weighted by atomic mass is 32.1. The minimum absolute atomic E-state index is 0.0185. The lowest BCUT2D eigenvalue weighted by Gasteiger charge is -2.35. The SMILES string of the molecule is O=C(Nc1sc2c(c1C(=O)O)C[C@@H](CN1C(=O)c3ccccc3C1=O)N(C(=O)O)C2)OCc1ccccc1. The minimum atomic E-state index is -1.30. The minimum Gasteiger partial charge on any atom is -0.478 e. The number of carboxylic acid groups (broad SMARTS) is 2. The van der Waals surface area contributed by atoms with Gasteiger partial charge in [0.2, 0.25) is 0 Å². The number of rotatable bonds is 6. The highest BCUT2D eigenvalue weighted by Crippen LogP contribution is 2.39. The van der Waals surface area contributed by atoms with Crippen molar-refractivity contribution in [2.24, 2.45) is 0 Å². The maximum atomic E-state index is 12.9. The molecule has 12 heteroatoms. The summed E-state index contributed by atoms with van der Waals surface area (Å²) in [6.45, 7) is -0.422. The van der Waals surface area contributed by atoms with E-state index in [4.69, 9.17) is 4.74 Å². The number of carbonyl (C=O) groups is 5. The monoisotopic (exact) mass is 535 g/mol. The lowest BCUT2D eigenvalue weighted by molar-refractivity contribution is 0.0558. The second kappa shape index (κ2) is 9.98. The van der Waals surface area contributed by atoms with Crippen molar-refractivity contribution in [1.29, 1.82) is 0 Å². The summed E-state index contributed by atoms with van der Waals surface area (Å²) >= 11 is 0.952. The fourth-order valence-corrected chi connectivity index (χ4v) is 5.86. The van der Waals surface area contributed by atoms with E-state index in [2.05, 4.69) is 5.32 Å². The number of benzene rings is 2. The smallest absolute Gasteiger partial charge is 0.412 e. The standard InChI is InChI=1S/C26H21N3O8S/c30-22-16-8-4-5-9-17(16)23(31)29(22)11-15-10-18-19(12-28(15)26(35)36)38-21(20(18)24(32)33)27-25(34)37-13-14-6-2-1-3-7-14/h1-9,15H,10-13H2,(H,27,34)(H,32,33)(H,35,36)/t15-/m0/s1. The molecule has 0 fully saturated rings. The van der Waals surface area contributed by atoms with E-state index < -0.39 is 36.0 Å². The Balaban J connectivity index is 1.38. The van der Waals surface area contributed by atoms with E-state index in [-0.39, 0.29) is 47.8 Å². The predicted octanol–water partition coefficient (Wildman–Crippen LogP) is 3.90. The number of hydrogen-bond acceptors (Lipinski definition) is 7. The van der Waals surface area contributed by atoms with E-state index in [1.54, 1.807) is 36.4 Å². The second-order valence-corrected chi connectivity index (χ2v) is 9.84. The molecule has 4 amide bonds. The lowest BCUT2D eigenvalue weighted by Crippen LogP contribution is -2.50. The first-order chi connectivity index (χ1) is 18.2. The number of imide groups is 1. The van der Waals surface area contributed by atoms with Crippen molar-refractivity contribution >= 4 is 46.3 Å². The number of nitrogens with zero attached hydrogens (tertiary/aromatic N) is 2. The summed E-state index contributed by atoms with van der Waals surface area (Å²) in [6, 6.07) is 14.4. The summed E-state index contributed by atoms with van der Waals surface area (Å²) in [5.41, 5.74) is 1.40. The fourth-order valence-electron chi connectivity index (χ4n) is 4.65. The number of thiophene rings is 1. The number of hydrogen-bond donors (Lipinski definition) is 3. The van der Waals surface area contributed by atoms with E-state index in [0.717, 1.165) is 26.7 Å². The first-order valence-electron chi connectivity index (χ1n) is 11.5. The fraction of sp³-hybridized carbons (Fsp3) is 0.192. The first-order valence-corrected chi connectivity index (χ1v) is 12.4. The molecule has 1 atom stereocenters. The summed E-state index contributed by atoms with van der Waals surface area (Å²) in [7, 11) is 0. The molecule has 38 heavy (non-hydrogen) atoms. The van der Waals surface area contributed by atoms with E-state index in [1.807, 2.05) is 6.07 Å². The molecule has 194 valence electrons. The zero-order valence-corrected chi connectivity index (χ0v) is 20.6. The number of anilines is 1. The molecule has 3 aromatic rings. The van der Waals surface area contributed by atoms with Crippen LogP contribution in [0.25, 0.3) is 0 Å². The molecule has 3 heterocycles. The molecular weight excluding hydrogens is 514 g/mol. The lowest BCUT2D eigenvalue weighted by atomic mass is 9.96. The molecule has 5 rings (SSSR count). The maximum Gasteiger partial charge on any atom is 0.412 e. The Hall–Kier alpha value is -4.71. The van der Waals surface area contributed by atoms with Gasteiger partial charge in [0.25, 0.3) is 11.8 Å². The van der Waals surface area contributed by atoms with Crippen LogP contribution in [-0.2, 0) is 24.3 Å². The predicted molar refractivity (Wildman–Crippen MR) is 134 cm³/mol. The summed E-state index contributed by atoms with van der Waals surface area (Å²) in [5.74, 6) is -2.37. The highest BCUT2D eigenvalue weighted by Gasteiger charge is 2.41. The van der Waals surface area contributed by atoms with Crippen LogP contribution < -0.4 is 5.32 Å². The number of aromatic carboxylic acids is 1. The largest absolute Gasteiger partial charge is 0.478 e. The van der Waals surface area contributed by atoms with Crippen molar-refractivity contribution < 1.29 is 38.9 Å². The van der Waals surface area contributed by atoms with Gasteiger partial charge in [-0.25, -0.2) is 14.4 Å². The molecule has 0 spiro atoms. The Labute approximate surface area is 219 Å². The Bertz CT molecular complexity index is 1430. The van der Waals surface area contributed by atoms with Crippen LogP contribution >= 0.6 is 11.3 Å². The molecule has 0 bridgehead atoms. The third-order valence-electron chi connectivity index (χ3n) is 6.44. The van der Waals surface area contributed by atoms with Gasteiger partial charge < -0.3 is 14.9 Å². The van der Waals surface area contributed by atoms with Crippen LogP contribution in [0, 0.1) is 0 Å². The third kappa shape index (κ3) is 4.57. The summed E-state index contributed by atoms with van der Waals surface area (Å²) in [4.78, 5) is 64.9. The molecule has 2 aliphatic rings. The van der Waals surface area contributed by atoms with Crippen molar-refractivity contribution in [2.75, 3.05) is 11.9 Å². The van der Waals surface area contributed by atoms with Crippen LogP contribution in [0.5, 0.6) is 0 Å². The average molecular weight is 536 g/mol. The van der Waals surface area contributed by atoms with Gasteiger partial charge in [0.15, 0.2) is 0 Å². The van der Waals surface area contributed by atoms with Crippen molar-refractivity contribution in [2.45, 2.75) is 25.6 Å². The summed E-state index contributed by atoms with van der Waals surface area (Å²) < 4.78 is 5.20. The van der Waals surface area contributed by atoms with Gasteiger partial charge in [0.05, 0.1) is 35.8 Å². The molecule has 3 N–H and O–H groups in total. The Kier molecular flexibility index (Phi) is 6.55. The number of ether oxygens (including phenoxy) is 1. The van der Waals surface area contributed by atoms with Gasteiger partial charge in [-0.15, -0.1) is 11.3 Å². The highest BCUT2D eigenvalue weighted by molar-refractivity contribution is 7.17. The van der Waals surface area contributed by atoms with Crippen LogP contribution in [0.2, 0.25) is 0 Å². The molecule has 2 aliphatic heterocycles. The van der Waals surface area contributed by atoms with Crippen LogP contribution in [-0.4, -0.2) is 62.6 Å². The van der Waals surface area contributed by atoms with E-state index in [0.29, 0.717) is 10.4 Å². The van der Waals surface area contributed by atoms with Gasteiger partial charge in [0.1, 0.15) is 11.6 Å².